The molecule has 0 aromatic heterocycles. The fourth-order valence-corrected chi connectivity index (χ4v) is 7.59. The molecule has 410 valence electrons. The Balaban J connectivity index is 2.26. The Morgan fingerprint density at radius 1 is 0.568 bits per heavy atom. The monoisotopic (exact) mass is 1040 g/mol. The number of aromatic hydroxyl groups is 1. The number of phenols is 1. The Hall–Kier alpha value is -7.14. The van der Waals surface area contributed by atoms with Gasteiger partial charge in [-0.15, -0.1) is 0 Å². The highest BCUT2D eigenvalue weighted by Gasteiger charge is 2.34. The van der Waals surface area contributed by atoms with Crippen molar-refractivity contribution in [3.8, 4) is 5.75 Å². The molecule has 16 N–H and O–H groups in total. The van der Waals surface area contributed by atoms with E-state index in [1.807, 2.05) is 13.8 Å². The average Bonchev–Trinajstić information content (AvgIpc) is 3.33. The van der Waals surface area contributed by atoms with Gasteiger partial charge in [-0.1, -0.05) is 90.4 Å². The predicted octanol–water partition coefficient (Wildman–Crippen LogP) is -0.738. The molecule has 2 rings (SSSR count). The van der Waals surface area contributed by atoms with Crippen LogP contribution < -0.4 is 59.7 Å². The van der Waals surface area contributed by atoms with E-state index in [1.165, 1.54) is 19.1 Å². The maximum Gasteiger partial charge on any atom is 0.326 e. The number of rotatable bonds is 33. The van der Waals surface area contributed by atoms with Gasteiger partial charge in [0.1, 0.15) is 48.0 Å². The first-order valence-corrected chi connectivity index (χ1v) is 25.0. The second kappa shape index (κ2) is 32.1. The highest BCUT2D eigenvalue weighted by Crippen LogP contribution is 2.14. The molecule has 9 atom stereocenters. The quantitative estimate of drug-likeness (QED) is 0.0392. The molecular weight excluding hydrogens is 959 g/mol. The fourth-order valence-electron chi connectivity index (χ4n) is 7.59. The molecule has 23 heteroatoms. The molecule has 0 aliphatic heterocycles. The summed E-state index contributed by atoms with van der Waals surface area (Å²) < 4.78 is 0. The van der Waals surface area contributed by atoms with Gasteiger partial charge in [-0.2, -0.15) is 0 Å². The highest BCUT2D eigenvalue weighted by molar-refractivity contribution is 5.98. The number of nitrogens with one attached hydrogen (secondary N) is 8. The molecular formula is C51H79N11O12. The van der Waals surface area contributed by atoms with Crippen molar-refractivity contribution < 1.29 is 58.2 Å². The van der Waals surface area contributed by atoms with E-state index in [2.05, 4.69) is 42.5 Å². The Kier molecular flexibility index (Phi) is 27.3. The number of carbonyl (C=O) groups is 10. The van der Waals surface area contributed by atoms with E-state index < -0.39 is 126 Å². The van der Waals surface area contributed by atoms with Crippen LogP contribution in [-0.4, -0.2) is 131 Å². The van der Waals surface area contributed by atoms with Crippen LogP contribution in [0.5, 0.6) is 5.75 Å². The zero-order valence-electron chi connectivity index (χ0n) is 43.5. The number of amides is 9. The smallest absolute Gasteiger partial charge is 0.326 e. The van der Waals surface area contributed by atoms with Gasteiger partial charge in [0.2, 0.25) is 53.2 Å². The molecule has 0 aliphatic rings. The summed E-state index contributed by atoms with van der Waals surface area (Å²) in [5, 5.41) is 39.7. The van der Waals surface area contributed by atoms with Crippen LogP contribution in [0.25, 0.3) is 0 Å². The van der Waals surface area contributed by atoms with Crippen molar-refractivity contribution in [2.45, 2.75) is 155 Å². The van der Waals surface area contributed by atoms with Gasteiger partial charge in [-0.25, -0.2) is 4.79 Å². The molecule has 2 aromatic rings. The average molecular weight is 1040 g/mol. The Morgan fingerprint density at radius 2 is 1.08 bits per heavy atom. The van der Waals surface area contributed by atoms with Crippen LogP contribution in [0.4, 0.5) is 0 Å². The molecule has 23 nitrogen and oxygen atoms in total. The summed E-state index contributed by atoms with van der Waals surface area (Å²) in [6.07, 6.45) is 1.04. The number of carboxylic acid groups (broad SMARTS) is 1. The molecule has 0 bridgehead atoms. The van der Waals surface area contributed by atoms with Crippen LogP contribution in [0.1, 0.15) is 105 Å². The molecule has 0 spiro atoms. The summed E-state index contributed by atoms with van der Waals surface area (Å²) in [5.41, 5.74) is 18.5. The lowest BCUT2D eigenvalue weighted by Gasteiger charge is -2.27. The second-order valence-corrected chi connectivity index (χ2v) is 19.4. The van der Waals surface area contributed by atoms with Gasteiger partial charge in [0, 0.05) is 6.42 Å². The van der Waals surface area contributed by atoms with E-state index in [-0.39, 0.29) is 49.7 Å². The van der Waals surface area contributed by atoms with Gasteiger partial charge in [0.05, 0.1) is 19.0 Å². The summed E-state index contributed by atoms with van der Waals surface area (Å²) in [6.45, 7) is 11.7. The summed E-state index contributed by atoms with van der Waals surface area (Å²) in [4.78, 5) is 133. The number of unbranched alkanes of at least 4 members (excludes halogenated alkanes) is 1. The number of primary amides is 1. The maximum atomic E-state index is 14.2. The molecule has 0 radical (unpaired) electrons. The SMILES string of the molecule is CC[C@H](C)[C@H](NC(=O)[C@H](CCCCN)NC(=O)CNC(=O)[C@H](CC(C)C)NC(=O)[C@H](Cc1ccccc1)NC(=O)[C@H](CC(N)=O)NC(=O)[C@H](C)NC(=O)[C@H](CC(C)C)NC(=O)[C@@H](N)Cc1ccc(O)cc1)C(=O)O. The van der Waals surface area contributed by atoms with Crippen LogP contribution >= 0.6 is 0 Å². The molecule has 0 fully saturated rings. The van der Waals surface area contributed by atoms with Crippen molar-refractivity contribution in [2.75, 3.05) is 13.1 Å². The third kappa shape index (κ3) is 23.2. The topological polar surface area (TPSA) is 385 Å². The lowest BCUT2D eigenvalue weighted by Crippen LogP contribution is -2.60. The number of phenolic OH excluding ortho intramolecular Hbond substituents is 1. The number of carboxylic acids is 1. The highest BCUT2D eigenvalue weighted by atomic mass is 16.4. The van der Waals surface area contributed by atoms with E-state index in [9.17, 15) is 58.2 Å². The minimum atomic E-state index is -1.66. The van der Waals surface area contributed by atoms with Gasteiger partial charge >= 0.3 is 5.97 Å². The van der Waals surface area contributed by atoms with Crippen LogP contribution in [0.2, 0.25) is 0 Å². The number of benzene rings is 2. The van der Waals surface area contributed by atoms with E-state index in [4.69, 9.17) is 17.2 Å². The van der Waals surface area contributed by atoms with Crippen LogP contribution in [0.15, 0.2) is 54.6 Å². The molecule has 2 aromatic carbocycles. The van der Waals surface area contributed by atoms with E-state index >= 15 is 0 Å². The molecule has 0 heterocycles. The minimum absolute atomic E-state index is 0.0386. The Labute approximate surface area is 432 Å². The first-order chi connectivity index (χ1) is 34.8. The van der Waals surface area contributed by atoms with Crippen LogP contribution in [-0.2, 0) is 60.8 Å². The summed E-state index contributed by atoms with van der Waals surface area (Å²) in [7, 11) is 0. The Morgan fingerprint density at radius 3 is 1.64 bits per heavy atom. The van der Waals surface area contributed by atoms with Crippen molar-refractivity contribution >= 4 is 59.1 Å². The molecule has 0 aliphatic carbocycles. The Bertz CT molecular complexity index is 2200. The van der Waals surface area contributed by atoms with E-state index in [1.54, 1.807) is 70.2 Å². The van der Waals surface area contributed by atoms with Gasteiger partial charge < -0.3 is 69.9 Å². The van der Waals surface area contributed by atoms with E-state index in [0.29, 0.717) is 36.9 Å². The molecule has 0 saturated heterocycles. The predicted molar refractivity (Wildman–Crippen MR) is 275 cm³/mol. The van der Waals surface area contributed by atoms with Gasteiger partial charge in [-0.3, -0.25) is 43.2 Å². The molecule has 0 unspecified atom stereocenters. The standard InChI is InChI=1S/C51H79N11O12/c1-8-30(6)43(51(73)74)62-47(69)36(16-12-13-21-52)57-42(65)27-55-46(68)37(22-28(2)3)60-49(71)39(25-32-14-10-9-11-15-32)61-50(72)40(26-41(54)64)58-44(66)31(7)56-48(70)38(23-29(4)5)59-45(67)35(53)24-33-17-19-34(63)20-18-33/h9-11,14-15,17-20,28-31,35-40,43,63H,8,12-13,16,21-27,52-53H2,1-7H3,(H2,54,64)(H,55,68)(H,56,70)(H,57,65)(H,58,66)(H,59,67)(H,60,71)(H,61,72)(H,62,69)(H,73,74)/t30-,31-,35-,36-,37-,38-,39-,40-,43-/m0/s1. The molecule has 74 heavy (non-hydrogen) atoms. The normalized spacial score (nSPS) is 14.8. The zero-order valence-corrected chi connectivity index (χ0v) is 43.5. The van der Waals surface area contributed by atoms with Crippen molar-refractivity contribution in [1.29, 1.82) is 0 Å². The summed E-state index contributed by atoms with van der Waals surface area (Å²) in [5.74, 6) is -9.29. The summed E-state index contributed by atoms with van der Waals surface area (Å²) >= 11 is 0. The number of nitrogens with two attached hydrogens (primary N) is 3. The molecule has 0 saturated carbocycles. The third-order valence-corrected chi connectivity index (χ3v) is 11.9. The lowest BCUT2D eigenvalue weighted by molar-refractivity contribution is -0.143. The maximum absolute atomic E-state index is 14.2. The van der Waals surface area contributed by atoms with Crippen LogP contribution in [0, 0.1) is 17.8 Å². The van der Waals surface area contributed by atoms with E-state index in [0.717, 1.165) is 0 Å². The largest absolute Gasteiger partial charge is 0.508 e. The van der Waals surface area contributed by atoms with Crippen molar-refractivity contribution in [2.24, 2.45) is 35.0 Å². The lowest BCUT2D eigenvalue weighted by atomic mass is 9.98. The third-order valence-electron chi connectivity index (χ3n) is 11.9. The zero-order chi connectivity index (χ0) is 55.7. The number of aliphatic carboxylic acids is 1. The van der Waals surface area contributed by atoms with Crippen LogP contribution in [0.3, 0.4) is 0 Å². The van der Waals surface area contributed by atoms with Gasteiger partial charge in [0.15, 0.2) is 0 Å². The number of hydrogen-bond donors (Lipinski definition) is 13. The number of hydrogen-bond acceptors (Lipinski definition) is 13. The molecule has 9 amide bonds. The van der Waals surface area contributed by atoms with Crippen molar-refractivity contribution in [3.05, 3.63) is 65.7 Å². The van der Waals surface area contributed by atoms with Crippen molar-refractivity contribution in [3.63, 3.8) is 0 Å². The van der Waals surface area contributed by atoms with Crippen molar-refractivity contribution in [1.82, 2.24) is 42.5 Å². The first kappa shape index (κ1) is 63.0. The summed E-state index contributed by atoms with van der Waals surface area (Å²) in [6, 6.07) is 4.41. The fraction of sp³-hybridized carbons (Fsp3) is 0.569. The van der Waals surface area contributed by atoms with Gasteiger partial charge in [-0.05, 0) is 93.0 Å². The van der Waals surface area contributed by atoms with Gasteiger partial charge in [0.25, 0.3) is 0 Å². The first-order valence-electron chi connectivity index (χ1n) is 25.0. The second-order valence-electron chi connectivity index (χ2n) is 19.4. The minimum Gasteiger partial charge on any atom is -0.508 e. The number of carbonyl (C=O) groups excluding carboxylic acids is 9.